The number of aromatic nitrogens is 1. The van der Waals surface area contributed by atoms with Gasteiger partial charge in [0.2, 0.25) is 0 Å². The lowest BCUT2D eigenvalue weighted by Gasteiger charge is -2.46. The first kappa shape index (κ1) is 50.2. The maximum atomic E-state index is 6.48. The van der Waals surface area contributed by atoms with Gasteiger partial charge in [0.1, 0.15) is 22.3 Å². The second kappa shape index (κ2) is 18.0. The summed E-state index contributed by atoms with van der Waals surface area (Å²) >= 11 is 0. The van der Waals surface area contributed by atoms with Crippen molar-refractivity contribution in [2.24, 2.45) is 0 Å². The molecule has 6 heteroatoms. The lowest BCUT2D eigenvalue weighted by molar-refractivity contribution is 0.590. The van der Waals surface area contributed by atoms with E-state index in [9.17, 15) is 0 Å². The molecule has 0 amide bonds. The molecule has 3 aromatic heterocycles. The average Bonchev–Trinajstić information content (AvgIpc) is 3.87. The maximum absolute atomic E-state index is 6.48. The summed E-state index contributed by atoms with van der Waals surface area (Å²) in [6, 6.07) is 77.0. The SMILES string of the molecule is Cc1cc(-c2cccc3oc4ccccc4c23)cc(C)c1N1c2cc(C(C)(C)C)ccc2B2c3cc4c5ccccc5n(-c5ccccc5)c4cc3N(c3c(C)cc(-c4cccc5oc6ccccc6c45)cc3C)c3cc(C(C)(C)C)cc1c32. The Labute approximate surface area is 491 Å². The van der Waals surface area contributed by atoms with Crippen molar-refractivity contribution in [2.75, 3.05) is 9.80 Å². The molecule has 11 aromatic carbocycles. The zero-order valence-corrected chi connectivity index (χ0v) is 49.4. The molecule has 2 aliphatic heterocycles. The third kappa shape index (κ3) is 7.35. The van der Waals surface area contributed by atoms with Crippen LogP contribution in [0.15, 0.2) is 215 Å². The van der Waals surface area contributed by atoms with Crippen molar-refractivity contribution in [3.63, 3.8) is 0 Å². The third-order valence-electron chi connectivity index (χ3n) is 18.5. The van der Waals surface area contributed by atoms with Crippen LogP contribution in [-0.2, 0) is 10.8 Å². The number of benzene rings is 11. The minimum absolute atomic E-state index is 0.0995. The van der Waals surface area contributed by atoms with Crippen LogP contribution in [0.2, 0.25) is 0 Å². The summed E-state index contributed by atoms with van der Waals surface area (Å²) in [6.45, 7) is 23.3. The van der Waals surface area contributed by atoms with Crippen molar-refractivity contribution in [3.05, 3.63) is 240 Å². The second-order valence-electron chi connectivity index (χ2n) is 25.9. The molecule has 84 heavy (non-hydrogen) atoms. The molecule has 5 nitrogen and oxygen atoms in total. The highest BCUT2D eigenvalue weighted by atomic mass is 16.3. The summed E-state index contributed by atoms with van der Waals surface area (Å²) in [5.74, 6) is 0. The fraction of sp³-hybridized carbons (Fsp3) is 0.154. The average molecular weight is 1090 g/mol. The molecule has 0 N–H and O–H groups in total. The molecular formula is C78H64BN3O2. The number of hydrogen-bond acceptors (Lipinski definition) is 4. The fourth-order valence-corrected chi connectivity index (χ4v) is 14.6. The van der Waals surface area contributed by atoms with Gasteiger partial charge in [-0.15, -0.1) is 0 Å². The second-order valence-corrected chi connectivity index (χ2v) is 25.9. The van der Waals surface area contributed by atoms with Crippen molar-refractivity contribution in [2.45, 2.75) is 80.1 Å². The number of aryl methyl sites for hydroxylation is 4. The van der Waals surface area contributed by atoms with E-state index in [0.717, 1.165) is 49.6 Å². The molecule has 2 aliphatic rings. The Balaban J connectivity index is 1.00. The third-order valence-corrected chi connectivity index (χ3v) is 18.5. The number of nitrogens with zero attached hydrogens (tertiary/aromatic N) is 3. The van der Waals surface area contributed by atoms with Gasteiger partial charge in [-0.05, 0) is 202 Å². The van der Waals surface area contributed by atoms with Gasteiger partial charge in [0, 0.05) is 60.8 Å². The van der Waals surface area contributed by atoms with Crippen LogP contribution >= 0.6 is 0 Å². The van der Waals surface area contributed by atoms with Gasteiger partial charge in [-0.3, -0.25) is 0 Å². The van der Waals surface area contributed by atoms with Crippen LogP contribution in [0.4, 0.5) is 34.1 Å². The van der Waals surface area contributed by atoms with Crippen LogP contribution in [0.25, 0.3) is 93.6 Å². The Morgan fingerprint density at radius 2 is 0.821 bits per heavy atom. The highest BCUT2D eigenvalue weighted by Crippen LogP contribution is 2.52. The predicted octanol–water partition coefficient (Wildman–Crippen LogP) is 19.8. The molecule has 0 spiro atoms. The van der Waals surface area contributed by atoms with Crippen molar-refractivity contribution < 1.29 is 8.83 Å². The van der Waals surface area contributed by atoms with E-state index in [1.165, 1.54) is 128 Å². The number of furan rings is 2. The van der Waals surface area contributed by atoms with Crippen molar-refractivity contribution in [1.29, 1.82) is 0 Å². The standard InChI is InChI=1S/C78H64BN3O2/c1-45-36-49(54-27-20-32-70-72(54)57-25-15-18-30-68(57)83-70)37-46(2)75(45)81-64-40-51(77(5,6)7)34-35-60(64)79-61-43-59-56-24-14-17-29-62(56)80(53-22-12-11-13-23-53)63(59)44-65(61)82(67-42-52(78(8,9)10)41-66(81)74(67)79)76-47(3)38-50(39-48(76)4)55-28-21-33-71-73(55)58-26-16-19-31-69(58)84-71/h11-44H,1-10H3. The van der Waals surface area contributed by atoms with Gasteiger partial charge in [0.05, 0.1) is 22.4 Å². The molecule has 0 unspecified atom stereocenters. The lowest BCUT2D eigenvalue weighted by atomic mass is 9.33. The van der Waals surface area contributed by atoms with Crippen LogP contribution in [0, 0.1) is 27.7 Å². The number of anilines is 6. The Bertz CT molecular complexity index is 5070. The molecule has 0 aliphatic carbocycles. The highest BCUT2D eigenvalue weighted by Gasteiger charge is 2.46. The van der Waals surface area contributed by atoms with Gasteiger partial charge >= 0.3 is 0 Å². The molecule has 0 atom stereocenters. The maximum Gasteiger partial charge on any atom is 0.252 e. The number of hydrogen-bond donors (Lipinski definition) is 0. The predicted molar refractivity (Wildman–Crippen MR) is 357 cm³/mol. The largest absolute Gasteiger partial charge is 0.456 e. The van der Waals surface area contributed by atoms with E-state index in [0.29, 0.717) is 0 Å². The summed E-state index contributed by atoms with van der Waals surface area (Å²) in [7, 11) is 0. The summed E-state index contributed by atoms with van der Waals surface area (Å²) in [6.07, 6.45) is 0. The molecule has 0 fully saturated rings. The monoisotopic (exact) mass is 1090 g/mol. The van der Waals surface area contributed by atoms with Crippen LogP contribution < -0.4 is 26.2 Å². The summed E-state index contributed by atoms with van der Waals surface area (Å²) < 4.78 is 15.4. The van der Waals surface area contributed by atoms with E-state index in [-0.39, 0.29) is 17.5 Å². The molecule has 5 heterocycles. The first-order chi connectivity index (χ1) is 40.6. The quantitative estimate of drug-likeness (QED) is 0.161. The molecular weight excluding hydrogens is 1020 g/mol. The molecule has 0 saturated heterocycles. The van der Waals surface area contributed by atoms with Crippen molar-refractivity contribution >= 4 is 123 Å². The summed E-state index contributed by atoms with van der Waals surface area (Å²) in [5.41, 5.74) is 30.0. The zero-order chi connectivity index (χ0) is 57.2. The van der Waals surface area contributed by atoms with Gasteiger partial charge < -0.3 is 23.2 Å². The normalized spacial score (nSPS) is 13.3. The van der Waals surface area contributed by atoms with Crippen LogP contribution in [0.1, 0.15) is 74.9 Å². The minimum Gasteiger partial charge on any atom is -0.456 e. The molecule has 0 bridgehead atoms. The van der Waals surface area contributed by atoms with Crippen LogP contribution in [0.5, 0.6) is 0 Å². The number of fused-ring (bicyclic) bond motifs is 13. The lowest BCUT2D eigenvalue weighted by Crippen LogP contribution is -2.61. The van der Waals surface area contributed by atoms with Gasteiger partial charge in [0.25, 0.3) is 6.71 Å². The zero-order valence-electron chi connectivity index (χ0n) is 49.4. The van der Waals surface area contributed by atoms with E-state index in [2.05, 4.69) is 290 Å². The van der Waals surface area contributed by atoms with Gasteiger partial charge in [0.15, 0.2) is 0 Å². The van der Waals surface area contributed by atoms with E-state index in [1.54, 1.807) is 0 Å². The van der Waals surface area contributed by atoms with Crippen LogP contribution in [-0.4, -0.2) is 11.3 Å². The van der Waals surface area contributed by atoms with Crippen molar-refractivity contribution in [1.82, 2.24) is 4.57 Å². The first-order valence-corrected chi connectivity index (χ1v) is 29.7. The molecule has 406 valence electrons. The summed E-state index contributed by atoms with van der Waals surface area (Å²) in [5, 5.41) is 7.04. The Morgan fingerprint density at radius 3 is 1.36 bits per heavy atom. The Hall–Kier alpha value is -9.52. The van der Waals surface area contributed by atoms with Crippen molar-refractivity contribution in [3.8, 4) is 27.9 Å². The van der Waals surface area contributed by atoms with Crippen LogP contribution in [0.3, 0.4) is 0 Å². The topological polar surface area (TPSA) is 37.7 Å². The molecule has 0 saturated carbocycles. The van der Waals surface area contributed by atoms with Gasteiger partial charge in [-0.2, -0.15) is 0 Å². The van der Waals surface area contributed by atoms with Gasteiger partial charge in [-0.25, -0.2) is 0 Å². The molecule has 16 rings (SSSR count). The number of rotatable bonds is 5. The number of para-hydroxylation sites is 4. The first-order valence-electron chi connectivity index (χ1n) is 29.7. The highest BCUT2D eigenvalue weighted by molar-refractivity contribution is 7.00. The smallest absolute Gasteiger partial charge is 0.252 e. The van der Waals surface area contributed by atoms with E-state index < -0.39 is 0 Å². The Kier molecular flexibility index (Phi) is 10.8. The fourth-order valence-electron chi connectivity index (χ4n) is 14.6. The van der Waals surface area contributed by atoms with Gasteiger partial charge in [-0.1, -0.05) is 157 Å². The van der Waals surface area contributed by atoms with E-state index in [4.69, 9.17) is 8.83 Å². The summed E-state index contributed by atoms with van der Waals surface area (Å²) in [4.78, 5) is 5.33. The molecule has 0 radical (unpaired) electrons. The molecule has 14 aromatic rings. The van der Waals surface area contributed by atoms with E-state index >= 15 is 0 Å². The van der Waals surface area contributed by atoms with E-state index in [1.807, 2.05) is 0 Å². The Morgan fingerprint density at radius 1 is 0.357 bits per heavy atom. The minimum atomic E-state index is -0.212.